The van der Waals surface area contributed by atoms with Crippen molar-refractivity contribution in [3.8, 4) is 0 Å². The number of ether oxygens (including phenoxy) is 2. The highest BCUT2D eigenvalue weighted by Gasteiger charge is 2.37. The van der Waals surface area contributed by atoms with Gasteiger partial charge in [0.15, 0.2) is 0 Å². The minimum absolute atomic E-state index is 0.0471. The molecule has 196 valence electrons. The SMILES string of the molecule is CN(CCCOC(=O)c1ccc(CO)cc1)CCOC(c1ccccc1)(c1ccccc1)c1ccccc1. The average molecular weight is 510 g/mol. The fourth-order valence-electron chi connectivity index (χ4n) is 4.56. The smallest absolute Gasteiger partial charge is 0.338 e. The van der Waals surface area contributed by atoms with Crippen molar-refractivity contribution in [1.82, 2.24) is 4.90 Å². The van der Waals surface area contributed by atoms with E-state index in [0.717, 1.165) is 41.8 Å². The minimum Gasteiger partial charge on any atom is -0.462 e. The molecule has 0 radical (unpaired) electrons. The number of carbonyl (C=O) groups is 1. The summed E-state index contributed by atoms with van der Waals surface area (Å²) < 4.78 is 12.3. The van der Waals surface area contributed by atoms with Crippen LogP contribution in [-0.2, 0) is 21.7 Å². The average Bonchev–Trinajstić information content (AvgIpc) is 2.99. The molecule has 5 nitrogen and oxygen atoms in total. The third-order valence-corrected chi connectivity index (χ3v) is 6.62. The first-order valence-corrected chi connectivity index (χ1v) is 13.0. The number of nitrogens with zero attached hydrogens (tertiary/aromatic N) is 1. The molecule has 0 bridgehead atoms. The van der Waals surface area contributed by atoms with Crippen molar-refractivity contribution >= 4 is 5.97 Å². The second kappa shape index (κ2) is 13.7. The number of esters is 1. The Labute approximate surface area is 225 Å². The molecule has 0 aliphatic carbocycles. The van der Waals surface area contributed by atoms with Gasteiger partial charge in [-0.05, 0) is 47.9 Å². The Morgan fingerprint density at radius 3 is 1.68 bits per heavy atom. The first-order chi connectivity index (χ1) is 18.6. The van der Waals surface area contributed by atoms with E-state index in [1.807, 2.05) is 61.6 Å². The Morgan fingerprint density at radius 2 is 1.21 bits per heavy atom. The van der Waals surface area contributed by atoms with Gasteiger partial charge in [0.1, 0.15) is 5.60 Å². The summed E-state index contributed by atoms with van der Waals surface area (Å²) in [5.41, 5.74) is 3.77. The molecule has 4 aromatic rings. The van der Waals surface area contributed by atoms with Gasteiger partial charge in [0, 0.05) is 13.1 Å². The molecule has 4 rings (SSSR count). The highest BCUT2D eigenvalue weighted by molar-refractivity contribution is 5.89. The van der Waals surface area contributed by atoms with Crippen LogP contribution in [0.5, 0.6) is 0 Å². The van der Waals surface area contributed by atoms with Crippen molar-refractivity contribution in [3.63, 3.8) is 0 Å². The van der Waals surface area contributed by atoms with E-state index in [2.05, 4.69) is 41.3 Å². The quantitative estimate of drug-likeness (QED) is 0.143. The van der Waals surface area contributed by atoms with E-state index in [-0.39, 0.29) is 12.6 Å². The van der Waals surface area contributed by atoms with Gasteiger partial charge in [-0.15, -0.1) is 0 Å². The van der Waals surface area contributed by atoms with E-state index in [4.69, 9.17) is 14.6 Å². The van der Waals surface area contributed by atoms with Crippen molar-refractivity contribution in [1.29, 1.82) is 0 Å². The maximum absolute atomic E-state index is 12.3. The Balaban J connectivity index is 1.37. The van der Waals surface area contributed by atoms with Gasteiger partial charge in [0.2, 0.25) is 0 Å². The first kappa shape index (κ1) is 27.3. The molecule has 1 N–H and O–H groups in total. The summed E-state index contributed by atoms with van der Waals surface area (Å²) in [7, 11) is 2.05. The topological polar surface area (TPSA) is 59.0 Å². The van der Waals surface area contributed by atoms with Gasteiger partial charge >= 0.3 is 5.97 Å². The number of benzene rings is 4. The lowest BCUT2D eigenvalue weighted by Crippen LogP contribution is -2.36. The standard InChI is InChI=1S/C33H35NO4/c1-34(22-11-24-37-32(36)28-20-18-27(26-35)19-21-28)23-25-38-33(29-12-5-2-6-13-29,30-14-7-3-8-15-30)31-16-9-4-10-17-31/h2-10,12-21,35H,11,22-26H2,1H3. The highest BCUT2D eigenvalue weighted by atomic mass is 16.5. The monoisotopic (exact) mass is 509 g/mol. The van der Waals surface area contributed by atoms with Crippen LogP contribution >= 0.6 is 0 Å². The Hall–Kier alpha value is -3.77. The Morgan fingerprint density at radius 1 is 0.711 bits per heavy atom. The molecule has 0 heterocycles. The van der Waals surface area contributed by atoms with Crippen LogP contribution in [-0.4, -0.2) is 49.3 Å². The van der Waals surface area contributed by atoms with Gasteiger partial charge in [-0.3, -0.25) is 0 Å². The van der Waals surface area contributed by atoms with Crippen LogP contribution < -0.4 is 0 Å². The fraction of sp³-hybridized carbons (Fsp3) is 0.242. The van der Waals surface area contributed by atoms with Crippen molar-refractivity contribution in [3.05, 3.63) is 143 Å². The summed E-state index contributed by atoms with van der Waals surface area (Å²) in [4.78, 5) is 14.4. The van der Waals surface area contributed by atoms with Gasteiger partial charge in [-0.1, -0.05) is 103 Å². The lowest BCUT2D eigenvalue weighted by Gasteiger charge is -2.36. The van der Waals surface area contributed by atoms with Crippen LogP contribution in [0.3, 0.4) is 0 Å². The van der Waals surface area contributed by atoms with Crippen molar-refractivity contribution in [2.24, 2.45) is 0 Å². The molecule has 0 unspecified atom stereocenters. The van der Waals surface area contributed by atoms with E-state index in [1.165, 1.54) is 0 Å². The molecular weight excluding hydrogens is 474 g/mol. The molecule has 0 atom stereocenters. The van der Waals surface area contributed by atoms with E-state index in [0.29, 0.717) is 18.8 Å². The third kappa shape index (κ3) is 6.75. The number of carbonyl (C=O) groups excluding carboxylic acids is 1. The predicted octanol–water partition coefficient (Wildman–Crippen LogP) is 5.67. The zero-order valence-electron chi connectivity index (χ0n) is 21.8. The summed E-state index contributed by atoms with van der Waals surface area (Å²) in [5, 5.41) is 9.14. The van der Waals surface area contributed by atoms with Crippen LogP contribution in [0.4, 0.5) is 0 Å². The van der Waals surface area contributed by atoms with Gasteiger partial charge in [-0.2, -0.15) is 0 Å². The number of rotatable bonds is 13. The summed E-state index contributed by atoms with van der Waals surface area (Å²) >= 11 is 0. The van der Waals surface area contributed by atoms with Crippen molar-refractivity contribution < 1.29 is 19.4 Å². The summed E-state index contributed by atoms with van der Waals surface area (Å²) in [6.07, 6.45) is 0.720. The van der Waals surface area contributed by atoms with Gasteiger partial charge in [0.05, 0.1) is 25.4 Å². The summed E-state index contributed by atoms with van der Waals surface area (Å²) in [6, 6.07) is 37.9. The van der Waals surface area contributed by atoms with E-state index < -0.39 is 5.60 Å². The van der Waals surface area contributed by atoms with Gasteiger partial charge in [0.25, 0.3) is 0 Å². The second-order valence-corrected chi connectivity index (χ2v) is 9.28. The zero-order chi connectivity index (χ0) is 26.6. The zero-order valence-corrected chi connectivity index (χ0v) is 21.8. The molecule has 0 aromatic heterocycles. The van der Waals surface area contributed by atoms with Crippen LogP contribution in [0.2, 0.25) is 0 Å². The molecule has 0 saturated heterocycles. The highest BCUT2D eigenvalue weighted by Crippen LogP contribution is 2.40. The number of likely N-dealkylation sites (N-methyl/N-ethyl adjacent to an activating group) is 1. The van der Waals surface area contributed by atoms with E-state index >= 15 is 0 Å². The van der Waals surface area contributed by atoms with Crippen LogP contribution in [0.1, 0.15) is 39.0 Å². The predicted molar refractivity (Wildman–Crippen MR) is 150 cm³/mol. The molecule has 0 aliphatic rings. The van der Waals surface area contributed by atoms with Crippen LogP contribution in [0.15, 0.2) is 115 Å². The van der Waals surface area contributed by atoms with Crippen LogP contribution in [0.25, 0.3) is 0 Å². The number of aliphatic hydroxyl groups excluding tert-OH is 1. The molecule has 0 fully saturated rings. The molecule has 0 amide bonds. The lowest BCUT2D eigenvalue weighted by atomic mass is 9.80. The summed E-state index contributed by atoms with van der Waals surface area (Å²) in [6.45, 7) is 2.31. The third-order valence-electron chi connectivity index (χ3n) is 6.62. The molecule has 0 aliphatic heterocycles. The van der Waals surface area contributed by atoms with Crippen molar-refractivity contribution in [2.45, 2.75) is 18.6 Å². The maximum Gasteiger partial charge on any atom is 0.338 e. The number of hydrogen-bond acceptors (Lipinski definition) is 5. The van der Waals surface area contributed by atoms with Crippen LogP contribution in [0, 0.1) is 0 Å². The normalized spacial score (nSPS) is 11.4. The molecule has 5 heteroatoms. The van der Waals surface area contributed by atoms with Crippen molar-refractivity contribution in [2.75, 3.05) is 33.4 Å². The second-order valence-electron chi connectivity index (χ2n) is 9.28. The molecule has 38 heavy (non-hydrogen) atoms. The summed E-state index contributed by atoms with van der Waals surface area (Å²) in [5.74, 6) is -0.348. The van der Waals surface area contributed by atoms with E-state index in [1.54, 1.807) is 24.3 Å². The maximum atomic E-state index is 12.3. The lowest BCUT2D eigenvalue weighted by molar-refractivity contribution is 0.00291. The van der Waals surface area contributed by atoms with Gasteiger partial charge in [-0.25, -0.2) is 4.79 Å². The number of hydrogen-bond donors (Lipinski definition) is 1. The minimum atomic E-state index is -0.730. The largest absolute Gasteiger partial charge is 0.462 e. The fourth-order valence-corrected chi connectivity index (χ4v) is 4.56. The molecule has 0 saturated carbocycles. The Bertz CT molecular complexity index is 1150. The molecular formula is C33H35NO4. The first-order valence-electron chi connectivity index (χ1n) is 13.0. The molecule has 4 aromatic carbocycles. The molecule has 0 spiro atoms. The Kier molecular flexibility index (Phi) is 9.82. The number of aliphatic hydroxyl groups is 1. The van der Waals surface area contributed by atoms with E-state index in [9.17, 15) is 4.79 Å². The van der Waals surface area contributed by atoms with Gasteiger partial charge < -0.3 is 19.5 Å².